The highest BCUT2D eigenvalue weighted by Crippen LogP contribution is 2.43. The van der Waals surface area contributed by atoms with Crippen LogP contribution in [0.5, 0.6) is 0 Å². The maximum atomic E-state index is 15.0. The van der Waals surface area contributed by atoms with Crippen LogP contribution < -0.4 is 11.1 Å². The van der Waals surface area contributed by atoms with Gasteiger partial charge >= 0.3 is 12.2 Å². The van der Waals surface area contributed by atoms with E-state index in [0.717, 1.165) is 30.0 Å². The first kappa shape index (κ1) is 23.6. The molecule has 3 amide bonds. The van der Waals surface area contributed by atoms with Crippen molar-refractivity contribution in [3.05, 3.63) is 63.7 Å². The fourth-order valence-electron chi connectivity index (χ4n) is 3.77. The normalized spacial score (nSPS) is 20.1. The van der Waals surface area contributed by atoms with Gasteiger partial charge in [-0.05, 0) is 25.1 Å². The predicted octanol–water partition coefficient (Wildman–Crippen LogP) is 3.57. The Hall–Kier alpha value is -3.02. The van der Waals surface area contributed by atoms with Gasteiger partial charge < -0.3 is 16.0 Å². The molecule has 3 rings (SSSR count). The molecule has 1 aromatic carbocycles. The van der Waals surface area contributed by atoms with Crippen LogP contribution in [-0.2, 0) is 11.0 Å². The SMILES string of the molecule is CC1([C@H](c2ccc(F)c(C(F)(F)F)n2)c2ccc(F)c(Cl)c2F)C(=O)NCCN1C(N)=O. The molecule has 1 saturated heterocycles. The summed E-state index contributed by atoms with van der Waals surface area (Å²) in [7, 11) is 0. The average molecular weight is 481 g/mol. The number of nitrogens with two attached hydrogens (primary N) is 1. The number of benzene rings is 1. The number of hydrogen-bond donors (Lipinski definition) is 2. The van der Waals surface area contributed by atoms with Crippen LogP contribution in [0.2, 0.25) is 5.02 Å². The molecule has 2 heterocycles. The minimum atomic E-state index is -5.22. The Morgan fingerprint density at radius 2 is 1.84 bits per heavy atom. The fourth-order valence-corrected chi connectivity index (χ4v) is 3.94. The van der Waals surface area contributed by atoms with Crippen LogP contribution in [0.1, 0.15) is 29.8 Å². The Kier molecular flexibility index (Phi) is 6.02. The summed E-state index contributed by atoms with van der Waals surface area (Å²) >= 11 is 5.65. The van der Waals surface area contributed by atoms with Gasteiger partial charge in [-0.15, -0.1) is 0 Å². The van der Waals surface area contributed by atoms with E-state index in [1.54, 1.807) is 0 Å². The van der Waals surface area contributed by atoms with E-state index >= 15 is 4.39 Å². The van der Waals surface area contributed by atoms with E-state index in [1.807, 2.05) is 0 Å². The van der Waals surface area contributed by atoms with Crippen molar-refractivity contribution in [2.24, 2.45) is 5.73 Å². The third kappa shape index (κ3) is 3.83. The number of urea groups is 1. The Balaban J connectivity index is 2.37. The zero-order valence-corrected chi connectivity index (χ0v) is 17.0. The topological polar surface area (TPSA) is 88.3 Å². The highest BCUT2D eigenvalue weighted by Gasteiger charge is 2.53. The number of nitrogens with one attached hydrogen (secondary N) is 1. The second kappa shape index (κ2) is 8.15. The van der Waals surface area contributed by atoms with Crippen molar-refractivity contribution in [2.75, 3.05) is 13.1 Å². The molecule has 2 aromatic rings. The van der Waals surface area contributed by atoms with E-state index in [-0.39, 0.29) is 13.1 Å². The molecular weight excluding hydrogens is 466 g/mol. The van der Waals surface area contributed by atoms with E-state index in [9.17, 15) is 31.5 Å². The molecule has 0 saturated carbocycles. The van der Waals surface area contributed by atoms with Gasteiger partial charge in [0.2, 0.25) is 5.91 Å². The number of piperazine rings is 1. The van der Waals surface area contributed by atoms with Crippen LogP contribution in [0.25, 0.3) is 0 Å². The van der Waals surface area contributed by atoms with Crippen LogP contribution in [0.15, 0.2) is 24.3 Å². The van der Waals surface area contributed by atoms with Gasteiger partial charge in [-0.25, -0.2) is 22.9 Å². The van der Waals surface area contributed by atoms with Crippen molar-refractivity contribution in [3.8, 4) is 0 Å². The second-order valence-corrected chi connectivity index (χ2v) is 7.53. The molecule has 13 heteroatoms. The lowest BCUT2D eigenvalue weighted by molar-refractivity contribution is -0.143. The van der Waals surface area contributed by atoms with E-state index < -0.39 is 69.0 Å². The van der Waals surface area contributed by atoms with Crippen LogP contribution in [0, 0.1) is 17.5 Å². The van der Waals surface area contributed by atoms with Crippen molar-refractivity contribution in [2.45, 2.75) is 24.6 Å². The van der Waals surface area contributed by atoms with Gasteiger partial charge in [0.05, 0.1) is 11.6 Å². The first-order valence-electron chi connectivity index (χ1n) is 9.02. The molecule has 1 unspecified atom stereocenters. The predicted molar refractivity (Wildman–Crippen MR) is 100 cm³/mol. The monoisotopic (exact) mass is 480 g/mol. The molecule has 0 radical (unpaired) electrons. The molecule has 1 aliphatic heterocycles. The van der Waals surface area contributed by atoms with E-state index in [4.69, 9.17) is 17.3 Å². The van der Waals surface area contributed by atoms with Gasteiger partial charge in [-0.3, -0.25) is 4.79 Å². The third-order valence-corrected chi connectivity index (χ3v) is 5.62. The number of primary amides is 1. The number of amides is 3. The van der Waals surface area contributed by atoms with Gasteiger partial charge in [0.15, 0.2) is 11.5 Å². The molecule has 1 aromatic heterocycles. The van der Waals surface area contributed by atoms with Crippen LogP contribution >= 0.6 is 11.6 Å². The molecule has 6 nitrogen and oxygen atoms in total. The van der Waals surface area contributed by atoms with Crippen molar-refractivity contribution in [1.82, 2.24) is 15.2 Å². The summed E-state index contributed by atoms with van der Waals surface area (Å²) in [4.78, 5) is 29.1. The number of carbonyl (C=O) groups is 2. The minimum absolute atomic E-state index is 0.0403. The number of aromatic nitrogens is 1. The van der Waals surface area contributed by atoms with E-state index in [0.29, 0.717) is 6.07 Å². The third-order valence-electron chi connectivity index (χ3n) is 5.28. The van der Waals surface area contributed by atoms with Crippen LogP contribution in [0.3, 0.4) is 0 Å². The van der Waals surface area contributed by atoms with Crippen molar-refractivity contribution >= 4 is 23.5 Å². The van der Waals surface area contributed by atoms with E-state index in [1.165, 1.54) is 0 Å². The average Bonchev–Trinajstić information content (AvgIpc) is 2.70. The molecule has 172 valence electrons. The van der Waals surface area contributed by atoms with E-state index in [2.05, 4.69) is 10.3 Å². The summed E-state index contributed by atoms with van der Waals surface area (Å²) in [5.74, 6) is -6.93. The minimum Gasteiger partial charge on any atom is -0.352 e. The molecule has 2 atom stereocenters. The number of alkyl halides is 3. The van der Waals surface area contributed by atoms with Gasteiger partial charge in [0.1, 0.15) is 22.2 Å². The molecular formula is C19H15ClF6N4O2. The summed E-state index contributed by atoms with van der Waals surface area (Å²) in [6, 6.07) is 1.71. The second-order valence-electron chi connectivity index (χ2n) is 7.16. The number of halogens is 7. The molecule has 0 bridgehead atoms. The standard InChI is InChI=1S/C19H15ClF6N4O2/c1-18(16(31)28-6-7-30(18)17(27)32)12(8-2-3-9(21)13(20)14(8)23)11-5-4-10(22)15(29-11)19(24,25)26/h2-5,12H,6-7H2,1H3,(H2,27,32)(H,28,31)/t12-,18?/m0/s1. The first-order valence-corrected chi connectivity index (χ1v) is 9.40. The Labute approximate surface area is 182 Å². The number of nitrogens with zero attached hydrogens (tertiary/aromatic N) is 2. The number of carbonyl (C=O) groups excluding carboxylic acids is 2. The van der Waals surface area contributed by atoms with Crippen molar-refractivity contribution < 1.29 is 35.9 Å². The largest absolute Gasteiger partial charge is 0.436 e. The zero-order chi connectivity index (χ0) is 24.0. The van der Waals surface area contributed by atoms with Crippen molar-refractivity contribution in [3.63, 3.8) is 0 Å². The Morgan fingerprint density at radius 1 is 1.22 bits per heavy atom. The molecule has 3 N–H and O–H groups in total. The quantitative estimate of drug-likeness (QED) is 0.520. The highest BCUT2D eigenvalue weighted by atomic mass is 35.5. The van der Waals surface area contributed by atoms with Gasteiger partial charge in [0.25, 0.3) is 0 Å². The van der Waals surface area contributed by atoms with Gasteiger partial charge in [0, 0.05) is 18.7 Å². The molecule has 1 aliphatic rings. The summed E-state index contributed by atoms with van der Waals surface area (Å²) in [6.07, 6.45) is -5.22. The first-order chi connectivity index (χ1) is 14.8. The smallest absolute Gasteiger partial charge is 0.352 e. The Morgan fingerprint density at radius 3 is 2.44 bits per heavy atom. The Bertz CT molecular complexity index is 1100. The number of pyridine rings is 1. The molecule has 0 spiro atoms. The molecule has 0 aliphatic carbocycles. The maximum absolute atomic E-state index is 15.0. The van der Waals surface area contributed by atoms with Crippen LogP contribution in [-0.4, -0.2) is 40.5 Å². The van der Waals surface area contributed by atoms with Gasteiger partial charge in [-0.2, -0.15) is 13.2 Å². The summed E-state index contributed by atoms with van der Waals surface area (Å²) in [5.41, 5.74) is 0.172. The fraction of sp³-hybridized carbons (Fsp3) is 0.316. The maximum Gasteiger partial charge on any atom is 0.436 e. The van der Waals surface area contributed by atoms with Crippen molar-refractivity contribution in [1.29, 1.82) is 0 Å². The number of rotatable bonds is 3. The number of hydrogen-bond acceptors (Lipinski definition) is 3. The molecule has 32 heavy (non-hydrogen) atoms. The lowest BCUT2D eigenvalue weighted by Gasteiger charge is -2.47. The van der Waals surface area contributed by atoms with Crippen LogP contribution in [0.4, 0.5) is 31.1 Å². The highest BCUT2D eigenvalue weighted by molar-refractivity contribution is 6.31. The lowest BCUT2D eigenvalue weighted by Crippen LogP contribution is -2.68. The zero-order valence-electron chi connectivity index (χ0n) is 16.2. The lowest BCUT2D eigenvalue weighted by atomic mass is 9.75. The molecule has 1 fully saturated rings. The summed E-state index contributed by atoms with van der Waals surface area (Å²) in [5, 5.41) is 1.45. The summed E-state index contributed by atoms with van der Waals surface area (Å²) in [6.45, 7) is 0.922. The summed E-state index contributed by atoms with van der Waals surface area (Å²) < 4.78 is 82.6. The van der Waals surface area contributed by atoms with Gasteiger partial charge in [-0.1, -0.05) is 17.7 Å².